The van der Waals surface area contributed by atoms with Gasteiger partial charge in [0.1, 0.15) is 5.82 Å². The highest BCUT2D eigenvalue weighted by molar-refractivity contribution is 5.99. The average Bonchev–Trinajstić information content (AvgIpc) is 3.48. The number of nitrogens with one attached hydrogen (secondary N) is 1. The van der Waals surface area contributed by atoms with Crippen LogP contribution in [0.5, 0.6) is 0 Å². The monoisotopic (exact) mass is 435 g/mol. The zero-order valence-corrected chi connectivity index (χ0v) is 18.4. The standard InChI is InChI=1S/C25H26FN3O3/c1-14(2)23-22(15-8-9-25(12-15,32-3)24(30)31)19-11-20-16(13-27-28-20)10-21(19)29(23)18-6-4-17(26)5-7-18/h4-7,10-11,13-15H,8-9,12H2,1-3H3,(H,27,28)(H,30,31)/t15-,25+/m1/s1. The maximum absolute atomic E-state index is 13.7. The Morgan fingerprint density at radius 3 is 2.69 bits per heavy atom. The molecule has 0 bridgehead atoms. The van der Waals surface area contributed by atoms with Crippen LogP contribution in [0.4, 0.5) is 4.39 Å². The quantitative estimate of drug-likeness (QED) is 0.433. The summed E-state index contributed by atoms with van der Waals surface area (Å²) in [7, 11) is 1.48. The van der Waals surface area contributed by atoms with Gasteiger partial charge in [-0.15, -0.1) is 0 Å². The second kappa shape index (κ2) is 7.45. The van der Waals surface area contributed by atoms with E-state index in [2.05, 4.69) is 40.7 Å². The van der Waals surface area contributed by atoms with Crippen molar-refractivity contribution in [3.63, 3.8) is 0 Å². The van der Waals surface area contributed by atoms with Crippen LogP contribution in [0.15, 0.2) is 42.6 Å². The summed E-state index contributed by atoms with van der Waals surface area (Å²) in [6, 6.07) is 10.7. The number of H-pyrrole nitrogens is 1. The van der Waals surface area contributed by atoms with Crippen molar-refractivity contribution in [3.05, 3.63) is 59.7 Å². The van der Waals surface area contributed by atoms with Crippen molar-refractivity contribution in [3.8, 4) is 5.69 Å². The van der Waals surface area contributed by atoms with Gasteiger partial charge >= 0.3 is 5.97 Å². The van der Waals surface area contributed by atoms with Crippen LogP contribution in [0.1, 0.15) is 56.2 Å². The molecule has 4 aromatic rings. The van der Waals surface area contributed by atoms with E-state index in [4.69, 9.17) is 4.74 Å². The van der Waals surface area contributed by atoms with E-state index in [1.54, 1.807) is 18.3 Å². The Labute approximate surface area is 185 Å². The molecule has 0 unspecified atom stereocenters. The first kappa shape index (κ1) is 20.7. The molecule has 2 heterocycles. The average molecular weight is 435 g/mol. The number of nitrogens with zero attached hydrogens (tertiary/aromatic N) is 2. The molecule has 1 saturated carbocycles. The number of hydrogen-bond donors (Lipinski definition) is 2. The molecule has 0 aliphatic heterocycles. The van der Waals surface area contributed by atoms with Crippen LogP contribution >= 0.6 is 0 Å². The Morgan fingerprint density at radius 2 is 2.06 bits per heavy atom. The minimum absolute atomic E-state index is 0.0352. The summed E-state index contributed by atoms with van der Waals surface area (Å²) in [6.07, 6.45) is 3.41. The molecule has 5 rings (SSSR count). The molecule has 2 aromatic heterocycles. The maximum Gasteiger partial charge on any atom is 0.335 e. The van der Waals surface area contributed by atoms with E-state index in [9.17, 15) is 14.3 Å². The number of carbonyl (C=O) groups is 1. The third-order valence-electron chi connectivity index (χ3n) is 6.90. The van der Waals surface area contributed by atoms with Gasteiger partial charge < -0.3 is 14.4 Å². The smallest absolute Gasteiger partial charge is 0.335 e. The largest absolute Gasteiger partial charge is 0.479 e. The molecular weight excluding hydrogens is 409 g/mol. The van der Waals surface area contributed by atoms with Gasteiger partial charge in [-0.2, -0.15) is 5.10 Å². The summed E-state index contributed by atoms with van der Waals surface area (Å²) in [6.45, 7) is 4.28. The Bertz CT molecular complexity index is 1320. The van der Waals surface area contributed by atoms with Crippen LogP contribution in [0.3, 0.4) is 0 Å². The van der Waals surface area contributed by atoms with Gasteiger partial charge in [-0.3, -0.25) is 5.10 Å². The van der Waals surface area contributed by atoms with Crippen molar-refractivity contribution >= 4 is 27.8 Å². The topological polar surface area (TPSA) is 80.1 Å². The van der Waals surface area contributed by atoms with Crippen LogP contribution in [0.2, 0.25) is 0 Å². The molecular formula is C25H26FN3O3. The fraction of sp³-hybridized carbons (Fsp3) is 0.360. The van der Waals surface area contributed by atoms with Crippen LogP contribution in [0.25, 0.3) is 27.5 Å². The van der Waals surface area contributed by atoms with Crippen LogP contribution in [0, 0.1) is 5.82 Å². The number of benzene rings is 2. The number of carboxylic acids is 1. The molecule has 0 amide bonds. The van der Waals surface area contributed by atoms with E-state index < -0.39 is 11.6 Å². The number of aliphatic carboxylic acids is 1. The van der Waals surface area contributed by atoms with E-state index in [0.717, 1.165) is 45.2 Å². The van der Waals surface area contributed by atoms with Crippen LogP contribution in [-0.4, -0.2) is 38.6 Å². The molecule has 166 valence electrons. The Hall–Kier alpha value is -3.19. The highest BCUT2D eigenvalue weighted by Gasteiger charge is 2.47. The Morgan fingerprint density at radius 1 is 1.31 bits per heavy atom. The fourth-order valence-corrected chi connectivity index (χ4v) is 5.36. The molecule has 1 fully saturated rings. The summed E-state index contributed by atoms with van der Waals surface area (Å²) >= 11 is 0. The molecule has 32 heavy (non-hydrogen) atoms. The molecule has 7 heteroatoms. The first-order valence-electron chi connectivity index (χ1n) is 10.9. The summed E-state index contributed by atoms with van der Waals surface area (Å²) in [4.78, 5) is 12.0. The lowest BCUT2D eigenvalue weighted by Crippen LogP contribution is -2.37. The number of aromatic nitrogens is 3. The first-order chi connectivity index (χ1) is 15.3. The predicted octanol–water partition coefficient (Wildman–Crippen LogP) is 5.51. The highest BCUT2D eigenvalue weighted by Crippen LogP contribution is 2.49. The van der Waals surface area contributed by atoms with Crippen molar-refractivity contribution in [2.75, 3.05) is 7.11 Å². The third-order valence-corrected chi connectivity index (χ3v) is 6.90. The molecule has 2 atom stereocenters. The van der Waals surface area contributed by atoms with Gasteiger partial charge in [0.05, 0.1) is 17.2 Å². The van der Waals surface area contributed by atoms with Gasteiger partial charge in [0, 0.05) is 29.3 Å². The first-order valence-corrected chi connectivity index (χ1v) is 10.9. The SMILES string of the molecule is CO[C@@]1(C(=O)O)CC[C@@H](c2c(C(C)C)n(-c3ccc(F)cc3)c3cc4cn[nH]c4cc23)C1. The summed E-state index contributed by atoms with van der Waals surface area (Å²) in [5, 5.41) is 19.2. The van der Waals surface area contributed by atoms with Crippen molar-refractivity contribution in [2.24, 2.45) is 0 Å². The minimum atomic E-state index is -1.17. The van der Waals surface area contributed by atoms with Crippen molar-refractivity contribution in [1.29, 1.82) is 0 Å². The van der Waals surface area contributed by atoms with Crippen molar-refractivity contribution < 1.29 is 19.0 Å². The molecule has 2 aromatic carbocycles. The molecule has 6 nitrogen and oxygen atoms in total. The predicted molar refractivity (Wildman–Crippen MR) is 121 cm³/mol. The van der Waals surface area contributed by atoms with Gasteiger partial charge in [-0.1, -0.05) is 13.8 Å². The number of ether oxygens (including phenoxy) is 1. The highest BCUT2D eigenvalue weighted by atomic mass is 19.1. The molecule has 0 spiro atoms. The normalized spacial score (nSPS) is 21.2. The number of carboxylic acid groups (broad SMARTS) is 1. The number of methoxy groups -OCH3 is 1. The lowest BCUT2D eigenvalue weighted by atomic mass is 9.89. The number of rotatable bonds is 5. The lowest BCUT2D eigenvalue weighted by Gasteiger charge is -2.23. The third kappa shape index (κ3) is 3.03. The Kier molecular flexibility index (Phi) is 4.82. The lowest BCUT2D eigenvalue weighted by molar-refractivity contribution is -0.161. The van der Waals surface area contributed by atoms with E-state index >= 15 is 0 Å². The van der Waals surface area contributed by atoms with Gasteiger partial charge in [0.25, 0.3) is 0 Å². The zero-order chi connectivity index (χ0) is 22.6. The zero-order valence-electron chi connectivity index (χ0n) is 18.4. The van der Waals surface area contributed by atoms with E-state index in [1.165, 1.54) is 19.2 Å². The summed E-state index contributed by atoms with van der Waals surface area (Å²) in [5.41, 5.74) is 3.92. The van der Waals surface area contributed by atoms with Crippen molar-refractivity contribution in [1.82, 2.24) is 14.8 Å². The molecule has 2 N–H and O–H groups in total. The maximum atomic E-state index is 13.7. The van der Waals surface area contributed by atoms with E-state index in [1.807, 2.05) is 0 Å². The molecule has 1 aliphatic rings. The van der Waals surface area contributed by atoms with Gasteiger partial charge in [0.2, 0.25) is 0 Å². The molecule has 0 saturated heterocycles. The van der Waals surface area contributed by atoms with Crippen LogP contribution < -0.4 is 0 Å². The Balaban J connectivity index is 1.81. The molecule has 1 aliphatic carbocycles. The number of halogens is 1. The van der Waals surface area contributed by atoms with Gasteiger partial charge in [-0.05, 0) is 73.1 Å². The van der Waals surface area contributed by atoms with E-state index in [-0.39, 0.29) is 17.7 Å². The van der Waals surface area contributed by atoms with Crippen molar-refractivity contribution in [2.45, 2.75) is 50.5 Å². The van der Waals surface area contributed by atoms with Gasteiger partial charge in [-0.25, -0.2) is 9.18 Å². The second-order valence-electron chi connectivity index (χ2n) is 9.04. The number of aromatic amines is 1. The van der Waals surface area contributed by atoms with Gasteiger partial charge in [0.15, 0.2) is 5.60 Å². The summed E-state index contributed by atoms with van der Waals surface area (Å²) in [5.74, 6) is -0.989. The second-order valence-corrected chi connectivity index (χ2v) is 9.04. The number of fused-ring (bicyclic) bond motifs is 2. The fourth-order valence-electron chi connectivity index (χ4n) is 5.36. The minimum Gasteiger partial charge on any atom is -0.479 e. The number of hydrogen-bond acceptors (Lipinski definition) is 3. The summed E-state index contributed by atoms with van der Waals surface area (Å²) < 4.78 is 21.4. The molecule has 0 radical (unpaired) electrons. The van der Waals surface area contributed by atoms with E-state index in [0.29, 0.717) is 12.8 Å². The van der Waals surface area contributed by atoms with Crippen LogP contribution in [-0.2, 0) is 9.53 Å².